The van der Waals surface area contributed by atoms with E-state index in [9.17, 15) is 4.79 Å². The molecule has 1 N–H and O–H groups in total. The molecule has 5 nitrogen and oxygen atoms in total. The highest BCUT2D eigenvalue weighted by Gasteiger charge is 2.16. The fraction of sp³-hybridized carbons (Fsp3) is 0.250. The molecule has 0 saturated heterocycles. The van der Waals surface area contributed by atoms with Crippen LogP contribution in [0.3, 0.4) is 0 Å². The monoisotopic (exact) mass is 367 g/mol. The number of nitrogens with one attached hydrogen (secondary N) is 1. The molecule has 3 aromatic rings. The van der Waals surface area contributed by atoms with Crippen LogP contribution in [0.25, 0.3) is 0 Å². The first-order chi connectivity index (χ1) is 12.4. The van der Waals surface area contributed by atoms with Crippen molar-refractivity contribution in [2.24, 2.45) is 0 Å². The Bertz CT molecular complexity index is 910. The van der Waals surface area contributed by atoms with E-state index in [4.69, 9.17) is 4.52 Å². The summed E-state index contributed by atoms with van der Waals surface area (Å²) >= 11 is 1.51. The first-order valence-electron chi connectivity index (χ1n) is 8.33. The third kappa shape index (κ3) is 4.14. The highest BCUT2D eigenvalue weighted by molar-refractivity contribution is 7.98. The first kappa shape index (κ1) is 18.2. The fourth-order valence-corrected chi connectivity index (χ4v) is 3.92. The van der Waals surface area contributed by atoms with Crippen LogP contribution in [0.2, 0.25) is 0 Å². The number of rotatable bonds is 5. The smallest absolute Gasteiger partial charge is 0.258 e. The summed E-state index contributed by atoms with van der Waals surface area (Å²) in [5, 5.41) is 7.63. The standard InChI is InChI=1S/C20H21N3O2S/c1-12-8-13(2)10-16(9-12)22-19(24)17-6-5-7-21-20(17)26-11-18-14(3)23-25-15(18)4/h5-10H,11H2,1-4H3,(H,22,24). The molecule has 0 fully saturated rings. The predicted molar refractivity (Wildman–Crippen MR) is 104 cm³/mol. The van der Waals surface area contributed by atoms with E-state index in [0.717, 1.165) is 33.8 Å². The minimum atomic E-state index is -0.163. The highest BCUT2D eigenvalue weighted by atomic mass is 32.2. The number of hydrogen-bond donors (Lipinski definition) is 1. The Morgan fingerprint density at radius 3 is 2.54 bits per heavy atom. The van der Waals surface area contributed by atoms with Gasteiger partial charge in [0.05, 0.1) is 11.3 Å². The van der Waals surface area contributed by atoms with E-state index in [2.05, 4.69) is 21.5 Å². The lowest BCUT2D eigenvalue weighted by molar-refractivity contribution is 0.102. The van der Waals surface area contributed by atoms with E-state index in [-0.39, 0.29) is 5.91 Å². The number of nitrogens with zero attached hydrogens (tertiary/aromatic N) is 2. The number of hydrogen-bond acceptors (Lipinski definition) is 5. The molecule has 2 aromatic heterocycles. The summed E-state index contributed by atoms with van der Waals surface area (Å²) in [6.07, 6.45) is 1.70. The molecular formula is C20H21N3O2S. The van der Waals surface area contributed by atoms with Crippen LogP contribution in [-0.2, 0) is 5.75 Å². The Labute approximate surface area is 157 Å². The van der Waals surface area contributed by atoms with Gasteiger partial charge in [-0.2, -0.15) is 0 Å². The third-order valence-corrected chi connectivity index (χ3v) is 5.06. The Morgan fingerprint density at radius 2 is 1.88 bits per heavy atom. The fourth-order valence-electron chi connectivity index (χ4n) is 2.77. The number of anilines is 1. The van der Waals surface area contributed by atoms with E-state index in [1.165, 1.54) is 11.8 Å². The summed E-state index contributed by atoms with van der Waals surface area (Å²) < 4.78 is 5.20. The topological polar surface area (TPSA) is 68.0 Å². The molecule has 0 aliphatic rings. The van der Waals surface area contributed by atoms with Gasteiger partial charge in [0.1, 0.15) is 10.8 Å². The summed E-state index contributed by atoms with van der Waals surface area (Å²) in [4.78, 5) is 17.1. The van der Waals surface area contributed by atoms with Crippen LogP contribution in [-0.4, -0.2) is 16.0 Å². The van der Waals surface area contributed by atoms with Crippen molar-refractivity contribution in [3.8, 4) is 0 Å². The van der Waals surface area contributed by atoms with Gasteiger partial charge in [0, 0.05) is 23.2 Å². The second-order valence-electron chi connectivity index (χ2n) is 6.28. The number of amides is 1. The minimum absolute atomic E-state index is 0.163. The van der Waals surface area contributed by atoms with Gasteiger partial charge in [-0.15, -0.1) is 11.8 Å². The van der Waals surface area contributed by atoms with Crippen molar-refractivity contribution >= 4 is 23.4 Å². The van der Waals surface area contributed by atoms with Gasteiger partial charge in [0.15, 0.2) is 0 Å². The summed E-state index contributed by atoms with van der Waals surface area (Å²) in [5.74, 6) is 1.29. The van der Waals surface area contributed by atoms with Gasteiger partial charge < -0.3 is 9.84 Å². The van der Waals surface area contributed by atoms with Crippen LogP contribution >= 0.6 is 11.8 Å². The third-order valence-electron chi connectivity index (χ3n) is 4.03. The van der Waals surface area contributed by atoms with E-state index in [0.29, 0.717) is 16.3 Å². The summed E-state index contributed by atoms with van der Waals surface area (Å²) in [6.45, 7) is 7.83. The zero-order valence-corrected chi connectivity index (χ0v) is 16.1. The molecule has 26 heavy (non-hydrogen) atoms. The van der Waals surface area contributed by atoms with Gasteiger partial charge in [-0.05, 0) is 63.1 Å². The minimum Gasteiger partial charge on any atom is -0.361 e. The van der Waals surface area contributed by atoms with Crippen molar-refractivity contribution < 1.29 is 9.32 Å². The summed E-state index contributed by atoms with van der Waals surface area (Å²) in [7, 11) is 0. The average molecular weight is 367 g/mol. The largest absolute Gasteiger partial charge is 0.361 e. The first-order valence-corrected chi connectivity index (χ1v) is 9.32. The van der Waals surface area contributed by atoms with Gasteiger partial charge in [-0.3, -0.25) is 4.79 Å². The molecule has 0 unspecified atom stereocenters. The highest BCUT2D eigenvalue weighted by Crippen LogP contribution is 2.27. The van der Waals surface area contributed by atoms with Crippen LogP contribution < -0.4 is 5.32 Å². The molecule has 0 saturated carbocycles. The van der Waals surface area contributed by atoms with Gasteiger partial charge in [0.2, 0.25) is 0 Å². The molecule has 2 heterocycles. The van der Waals surface area contributed by atoms with E-state index >= 15 is 0 Å². The second kappa shape index (κ2) is 7.74. The SMILES string of the molecule is Cc1cc(C)cc(NC(=O)c2cccnc2SCc2c(C)noc2C)c1. The number of carbonyl (C=O) groups is 1. The molecule has 0 bridgehead atoms. The maximum atomic E-state index is 12.8. The number of aryl methyl sites for hydroxylation is 4. The van der Waals surface area contributed by atoms with Gasteiger partial charge >= 0.3 is 0 Å². The van der Waals surface area contributed by atoms with Gasteiger partial charge in [-0.25, -0.2) is 4.98 Å². The summed E-state index contributed by atoms with van der Waals surface area (Å²) in [6, 6.07) is 9.55. The van der Waals surface area contributed by atoms with Crippen LogP contribution in [0.4, 0.5) is 5.69 Å². The maximum Gasteiger partial charge on any atom is 0.258 e. The molecule has 3 rings (SSSR count). The lowest BCUT2D eigenvalue weighted by Crippen LogP contribution is -2.14. The van der Waals surface area contributed by atoms with Crippen LogP contribution in [0.1, 0.15) is 38.5 Å². The molecule has 1 aromatic carbocycles. The molecule has 0 aliphatic heterocycles. The van der Waals surface area contributed by atoms with Crippen LogP contribution in [0.15, 0.2) is 46.1 Å². The number of aromatic nitrogens is 2. The van der Waals surface area contributed by atoms with Crippen LogP contribution in [0.5, 0.6) is 0 Å². The molecule has 0 aliphatic carbocycles. The zero-order chi connectivity index (χ0) is 18.7. The lowest BCUT2D eigenvalue weighted by atomic mass is 10.1. The average Bonchev–Trinajstić information content (AvgIpc) is 2.90. The van der Waals surface area contributed by atoms with E-state index in [1.807, 2.05) is 39.8 Å². The molecule has 6 heteroatoms. The van der Waals surface area contributed by atoms with Crippen molar-refractivity contribution in [1.82, 2.24) is 10.1 Å². The zero-order valence-electron chi connectivity index (χ0n) is 15.3. The second-order valence-corrected chi connectivity index (χ2v) is 7.24. The number of carbonyl (C=O) groups excluding carboxylic acids is 1. The predicted octanol–water partition coefficient (Wildman–Crippen LogP) is 4.85. The quantitative estimate of drug-likeness (QED) is 0.653. The van der Waals surface area contributed by atoms with Crippen molar-refractivity contribution in [2.75, 3.05) is 5.32 Å². The Balaban J connectivity index is 1.79. The Morgan fingerprint density at radius 1 is 1.15 bits per heavy atom. The lowest BCUT2D eigenvalue weighted by Gasteiger charge is -2.10. The van der Waals surface area contributed by atoms with Crippen molar-refractivity contribution in [3.63, 3.8) is 0 Å². The molecule has 0 spiro atoms. The van der Waals surface area contributed by atoms with Crippen molar-refractivity contribution in [2.45, 2.75) is 38.5 Å². The van der Waals surface area contributed by atoms with Gasteiger partial charge in [0.25, 0.3) is 5.91 Å². The number of pyridine rings is 1. The Kier molecular flexibility index (Phi) is 5.42. The molecule has 1 amide bonds. The molecule has 0 radical (unpaired) electrons. The normalized spacial score (nSPS) is 10.8. The van der Waals surface area contributed by atoms with Crippen molar-refractivity contribution in [1.29, 1.82) is 0 Å². The molecule has 134 valence electrons. The van der Waals surface area contributed by atoms with Crippen LogP contribution in [0, 0.1) is 27.7 Å². The van der Waals surface area contributed by atoms with E-state index in [1.54, 1.807) is 18.3 Å². The Hall–Kier alpha value is -2.60. The van der Waals surface area contributed by atoms with Crippen molar-refractivity contribution in [3.05, 3.63) is 70.2 Å². The molecular weight excluding hydrogens is 346 g/mol. The van der Waals surface area contributed by atoms with Gasteiger partial charge in [-0.1, -0.05) is 11.2 Å². The number of thioether (sulfide) groups is 1. The molecule has 0 atom stereocenters. The number of benzene rings is 1. The summed E-state index contributed by atoms with van der Waals surface area (Å²) in [5.41, 5.74) is 5.48. The maximum absolute atomic E-state index is 12.8. The van der Waals surface area contributed by atoms with E-state index < -0.39 is 0 Å².